The third-order valence-corrected chi connectivity index (χ3v) is 5.17. The van der Waals surface area contributed by atoms with E-state index in [-0.39, 0.29) is 0 Å². The number of fused-ring (bicyclic) bond motifs is 3. The Morgan fingerprint density at radius 2 is 1.90 bits per heavy atom. The van der Waals surface area contributed by atoms with Gasteiger partial charge in [-0.15, -0.1) is 0 Å². The molecule has 0 radical (unpaired) electrons. The Morgan fingerprint density at radius 3 is 2.69 bits per heavy atom. The van der Waals surface area contributed by atoms with Gasteiger partial charge in [0, 0.05) is 30.1 Å². The largest absolute Gasteiger partial charge is 0.383 e. The Bertz CT molecular complexity index is 1140. The van der Waals surface area contributed by atoms with E-state index in [0.29, 0.717) is 11.9 Å². The Labute approximate surface area is 172 Å². The lowest BCUT2D eigenvalue weighted by atomic mass is 10.1. The summed E-state index contributed by atoms with van der Waals surface area (Å²) in [5.74, 6) is 1.58. The minimum atomic E-state index is 0.397. The predicted octanol–water partition coefficient (Wildman–Crippen LogP) is 5.38. The molecule has 0 aliphatic rings. The second-order valence-electron chi connectivity index (χ2n) is 7.93. The number of hydrogen-bond donors (Lipinski definition) is 2. The third kappa shape index (κ3) is 3.90. The first kappa shape index (κ1) is 19.2. The molecule has 0 fully saturated rings. The Hall–Kier alpha value is -3.08. The van der Waals surface area contributed by atoms with Crippen LogP contribution in [0.4, 0.5) is 11.5 Å². The Balaban J connectivity index is 1.87. The minimum absolute atomic E-state index is 0.397. The molecule has 0 aliphatic carbocycles. The highest BCUT2D eigenvalue weighted by Crippen LogP contribution is 2.30. The Kier molecular flexibility index (Phi) is 5.38. The molecule has 0 unspecified atom stereocenters. The number of nitrogen functional groups attached to an aromatic ring is 1. The van der Waals surface area contributed by atoms with Crippen LogP contribution in [0.15, 0.2) is 48.5 Å². The molecule has 4 rings (SSSR count). The molecule has 0 aliphatic heterocycles. The molecule has 29 heavy (non-hydrogen) atoms. The second kappa shape index (κ2) is 8.11. The molecule has 5 heteroatoms. The van der Waals surface area contributed by atoms with Gasteiger partial charge in [-0.2, -0.15) is 0 Å². The number of rotatable bonds is 7. The molecule has 0 saturated heterocycles. The van der Waals surface area contributed by atoms with E-state index in [0.717, 1.165) is 59.3 Å². The van der Waals surface area contributed by atoms with Crippen molar-refractivity contribution in [1.29, 1.82) is 0 Å². The summed E-state index contributed by atoms with van der Waals surface area (Å²) in [5, 5.41) is 4.60. The molecule has 5 nitrogen and oxygen atoms in total. The smallest absolute Gasteiger partial charge is 0.152 e. The summed E-state index contributed by atoms with van der Waals surface area (Å²) in [4.78, 5) is 9.51. The number of aryl methyl sites for hydroxylation is 1. The molecule has 0 spiro atoms. The van der Waals surface area contributed by atoms with Crippen LogP contribution in [0.2, 0.25) is 0 Å². The fourth-order valence-electron chi connectivity index (χ4n) is 3.88. The number of nitrogens with one attached hydrogen (secondary N) is 1. The maximum Gasteiger partial charge on any atom is 0.152 e. The number of para-hydroxylation sites is 1. The SMILES string of the molecule is CCCCc1nc2c(N)nc3ccccc3c2n1Cc1cccc(NC(C)C)c1. The number of hydrogen-bond acceptors (Lipinski definition) is 4. The molecule has 150 valence electrons. The fraction of sp³-hybridized carbons (Fsp3) is 0.333. The molecular formula is C24H29N5. The van der Waals surface area contributed by atoms with Crippen LogP contribution in [-0.4, -0.2) is 20.6 Å². The van der Waals surface area contributed by atoms with Gasteiger partial charge in [-0.25, -0.2) is 9.97 Å². The van der Waals surface area contributed by atoms with Gasteiger partial charge in [0.25, 0.3) is 0 Å². The van der Waals surface area contributed by atoms with Gasteiger partial charge in [0.15, 0.2) is 5.82 Å². The van der Waals surface area contributed by atoms with Crippen molar-refractivity contribution < 1.29 is 0 Å². The first-order chi connectivity index (χ1) is 14.1. The summed E-state index contributed by atoms with van der Waals surface area (Å²) in [6.45, 7) is 7.28. The van der Waals surface area contributed by atoms with Crippen molar-refractivity contribution in [2.24, 2.45) is 0 Å². The standard InChI is InChI=1S/C24H29N5/c1-4-5-13-21-28-22-23(19-11-6-7-12-20(19)27-24(22)25)29(21)15-17-9-8-10-18(14-17)26-16(2)3/h6-12,14,16,26H,4-5,13,15H2,1-3H3,(H2,25,27). The van der Waals surface area contributed by atoms with Gasteiger partial charge >= 0.3 is 0 Å². The highest BCUT2D eigenvalue weighted by molar-refractivity contribution is 6.06. The molecule has 0 bridgehead atoms. The monoisotopic (exact) mass is 387 g/mol. The van der Waals surface area contributed by atoms with Crippen LogP contribution in [0.3, 0.4) is 0 Å². The van der Waals surface area contributed by atoms with Crippen LogP contribution in [0, 0.1) is 0 Å². The molecule has 0 atom stereocenters. The van der Waals surface area contributed by atoms with Crippen LogP contribution in [-0.2, 0) is 13.0 Å². The van der Waals surface area contributed by atoms with Crippen LogP contribution in [0.1, 0.15) is 45.0 Å². The summed E-state index contributed by atoms with van der Waals surface area (Å²) in [6, 6.07) is 17.2. The minimum Gasteiger partial charge on any atom is -0.383 e. The number of anilines is 2. The topological polar surface area (TPSA) is 68.8 Å². The Morgan fingerprint density at radius 1 is 1.07 bits per heavy atom. The van der Waals surface area contributed by atoms with E-state index in [4.69, 9.17) is 10.7 Å². The van der Waals surface area contributed by atoms with E-state index >= 15 is 0 Å². The number of unbranched alkanes of at least 4 members (excludes halogenated alkanes) is 1. The van der Waals surface area contributed by atoms with Gasteiger partial charge in [-0.05, 0) is 44.0 Å². The molecule has 4 aromatic rings. The van der Waals surface area contributed by atoms with E-state index in [1.165, 1.54) is 5.56 Å². The average molecular weight is 388 g/mol. The summed E-state index contributed by atoms with van der Waals surface area (Å²) in [6.07, 6.45) is 3.16. The van der Waals surface area contributed by atoms with E-state index < -0.39 is 0 Å². The molecule has 2 heterocycles. The van der Waals surface area contributed by atoms with Gasteiger partial charge in [-0.3, -0.25) is 0 Å². The first-order valence-corrected chi connectivity index (χ1v) is 10.5. The van der Waals surface area contributed by atoms with Gasteiger partial charge < -0.3 is 15.6 Å². The molecular weight excluding hydrogens is 358 g/mol. The van der Waals surface area contributed by atoms with Crippen LogP contribution < -0.4 is 11.1 Å². The lowest BCUT2D eigenvalue weighted by Crippen LogP contribution is -2.10. The van der Waals surface area contributed by atoms with Crippen molar-refractivity contribution in [3.63, 3.8) is 0 Å². The number of nitrogens with zero attached hydrogens (tertiary/aromatic N) is 3. The number of nitrogens with two attached hydrogens (primary N) is 1. The van der Waals surface area contributed by atoms with Gasteiger partial charge in [0.1, 0.15) is 11.3 Å². The summed E-state index contributed by atoms with van der Waals surface area (Å²) < 4.78 is 2.33. The zero-order valence-electron chi connectivity index (χ0n) is 17.4. The number of aromatic nitrogens is 3. The summed E-state index contributed by atoms with van der Waals surface area (Å²) in [7, 11) is 0. The lowest BCUT2D eigenvalue weighted by molar-refractivity contribution is 0.690. The summed E-state index contributed by atoms with van der Waals surface area (Å²) >= 11 is 0. The quantitative estimate of drug-likeness (QED) is 0.447. The van der Waals surface area contributed by atoms with Gasteiger partial charge in [-0.1, -0.05) is 43.7 Å². The van der Waals surface area contributed by atoms with Crippen molar-refractivity contribution in [3.05, 3.63) is 59.9 Å². The van der Waals surface area contributed by atoms with Crippen molar-refractivity contribution in [2.45, 2.75) is 52.6 Å². The second-order valence-corrected chi connectivity index (χ2v) is 7.93. The third-order valence-electron chi connectivity index (χ3n) is 5.17. The van der Waals surface area contributed by atoms with Crippen molar-refractivity contribution in [3.8, 4) is 0 Å². The molecule has 0 saturated carbocycles. The van der Waals surface area contributed by atoms with E-state index in [1.807, 2.05) is 12.1 Å². The van der Waals surface area contributed by atoms with Crippen molar-refractivity contribution in [2.75, 3.05) is 11.1 Å². The van der Waals surface area contributed by atoms with Crippen LogP contribution in [0.25, 0.3) is 21.9 Å². The van der Waals surface area contributed by atoms with Crippen LogP contribution >= 0.6 is 0 Å². The fourth-order valence-corrected chi connectivity index (χ4v) is 3.88. The molecule has 3 N–H and O–H groups in total. The highest BCUT2D eigenvalue weighted by atomic mass is 15.1. The maximum absolute atomic E-state index is 6.31. The molecule has 2 aromatic carbocycles. The van der Waals surface area contributed by atoms with E-state index in [1.54, 1.807) is 0 Å². The van der Waals surface area contributed by atoms with Gasteiger partial charge in [0.2, 0.25) is 0 Å². The van der Waals surface area contributed by atoms with E-state index in [9.17, 15) is 0 Å². The number of imidazole rings is 1. The zero-order valence-corrected chi connectivity index (χ0v) is 17.4. The first-order valence-electron chi connectivity index (χ1n) is 10.5. The normalized spacial score (nSPS) is 11.6. The zero-order chi connectivity index (χ0) is 20.4. The number of benzene rings is 2. The molecule has 0 amide bonds. The van der Waals surface area contributed by atoms with Gasteiger partial charge in [0.05, 0.1) is 11.0 Å². The predicted molar refractivity (Wildman–Crippen MR) is 122 cm³/mol. The average Bonchev–Trinajstić information content (AvgIpc) is 3.05. The van der Waals surface area contributed by atoms with Crippen molar-refractivity contribution >= 4 is 33.4 Å². The summed E-state index contributed by atoms with van der Waals surface area (Å²) in [5.41, 5.74) is 11.5. The van der Waals surface area contributed by atoms with E-state index in [2.05, 4.69) is 72.0 Å². The lowest BCUT2D eigenvalue weighted by Gasteiger charge is -2.14. The van der Waals surface area contributed by atoms with Crippen molar-refractivity contribution in [1.82, 2.24) is 14.5 Å². The highest BCUT2D eigenvalue weighted by Gasteiger charge is 2.17. The number of pyridine rings is 1. The maximum atomic E-state index is 6.31. The molecule has 2 aromatic heterocycles. The van der Waals surface area contributed by atoms with Crippen LogP contribution in [0.5, 0.6) is 0 Å².